The number of benzene rings is 1. The molecule has 1 aromatic carbocycles. The Morgan fingerprint density at radius 1 is 1.29 bits per heavy atom. The summed E-state index contributed by atoms with van der Waals surface area (Å²) in [6.45, 7) is 4.75. The number of carbonyl (C=O) groups is 1. The first-order valence-electron chi connectivity index (χ1n) is 5.98. The zero-order chi connectivity index (χ0) is 15.8. The van der Waals surface area contributed by atoms with E-state index in [-0.39, 0.29) is 26.9 Å². The third-order valence-corrected chi connectivity index (χ3v) is 4.72. The van der Waals surface area contributed by atoms with Gasteiger partial charge in [0.2, 0.25) is 0 Å². The van der Waals surface area contributed by atoms with Crippen molar-refractivity contribution >= 4 is 27.5 Å². The lowest BCUT2D eigenvalue weighted by Gasteiger charge is -2.08. The van der Waals surface area contributed by atoms with E-state index >= 15 is 0 Å². The Balaban J connectivity index is 2.35. The van der Waals surface area contributed by atoms with Crippen molar-refractivity contribution in [2.75, 3.05) is 0 Å². The molecule has 0 unspecified atom stereocenters. The summed E-state index contributed by atoms with van der Waals surface area (Å²) in [5, 5.41) is 3.74. The molecule has 6 nitrogen and oxygen atoms in total. The fourth-order valence-corrected chi connectivity index (χ4v) is 3.51. The molecule has 0 aliphatic rings. The molecule has 0 aliphatic carbocycles. The maximum atomic E-state index is 12.2. The zero-order valence-electron chi connectivity index (χ0n) is 11.6. The highest BCUT2D eigenvalue weighted by molar-refractivity contribution is 7.90. The van der Waals surface area contributed by atoms with Crippen LogP contribution in [-0.4, -0.2) is 19.5 Å². The van der Waals surface area contributed by atoms with Gasteiger partial charge in [-0.15, -0.1) is 0 Å². The standard InChI is InChI=1S/C13H13ClN2O4S/c1-7-4-5-10(11(14)6-7)13(17)16-21(18,19)12-8(2)15-20-9(12)3/h4-6H,1-3H3,(H,16,17). The Morgan fingerprint density at radius 3 is 2.48 bits per heavy atom. The second kappa shape index (κ2) is 5.50. The van der Waals surface area contributed by atoms with E-state index in [2.05, 4.69) is 5.16 Å². The number of hydrogen-bond donors (Lipinski definition) is 1. The third-order valence-electron chi connectivity index (χ3n) is 2.83. The molecular formula is C13H13ClN2O4S. The van der Waals surface area contributed by atoms with E-state index in [1.54, 1.807) is 12.1 Å². The largest absolute Gasteiger partial charge is 0.360 e. The van der Waals surface area contributed by atoms with Crippen LogP contribution in [0.25, 0.3) is 0 Å². The van der Waals surface area contributed by atoms with Crippen LogP contribution in [0.15, 0.2) is 27.6 Å². The van der Waals surface area contributed by atoms with Crippen molar-refractivity contribution in [2.24, 2.45) is 0 Å². The number of halogens is 1. The van der Waals surface area contributed by atoms with Crippen LogP contribution in [0.1, 0.15) is 27.4 Å². The van der Waals surface area contributed by atoms with E-state index < -0.39 is 15.9 Å². The fraction of sp³-hybridized carbons (Fsp3) is 0.231. The summed E-state index contributed by atoms with van der Waals surface area (Å²) >= 11 is 5.95. The Kier molecular flexibility index (Phi) is 4.06. The number of aromatic nitrogens is 1. The maximum Gasteiger partial charge on any atom is 0.269 e. The Morgan fingerprint density at radius 2 is 1.95 bits per heavy atom. The van der Waals surface area contributed by atoms with E-state index in [4.69, 9.17) is 16.1 Å². The molecule has 0 fully saturated rings. The van der Waals surface area contributed by atoms with Gasteiger partial charge in [0.05, 0.1) is 10.6 Å². The lowest BCUT2D eigenvalue weighted by Crippen LogP contribution is -2.31. The quantitative estimate of drug-likeness (QED) is 0.934. The van der Waals surface area contributed by atoms with Crippen LogP contribution in [0.4, 0.5) is 0 Å². The van der Waals surface area contributed by atoms with Gasteiger partial charge < -0.3 is 4.52 Å². The molecule has 0 atom stereocenters. The Hall–Kier alpha value is -1.86. The number of nitrogens with zero attached hydrogens (tertiary/aromatic N) is 1. The van der Waals surface area contributed by atoms with Crippen molar-refractivity contribution in [3.05, 3.63) is 45.8 Å². The highest BCUT2D eigenvalue weighted by atomic mass is 35.5. The second-order valence-electron chi connectivity index (χ2n) is 4.57. The lowest BCUT2D eigenvalue weighted by atomic mass is 10.1. The number of carbonyl (C=O) groups excluding carboxylic acids is 1. The van der Waals surface area contributed by atoms with Crippen LogP contribution in [0, 0.1) is 20.8 Å². The first kappa shape index (κ1) is 15.5. The summed E-state index contributed by atoms with van der Waals surface area (Å²) in [5.74, 6) is -0.692. The van der Waals surface area contributed by atoms with Crippen LogP contribution in [0.2, 0.25) is 5.02 Å². The highest BCUT2D eigenvalue weighted by Gasteiger charge is 2.27. The van der Waals surface area contributed by atoms with Crippen LogP contribution < -0.4 is 4.72 Å². The molecule has 2 aromatic rings. The number of aryl methyl sites for hydroxylation is 3. The molecule has 8 heteroatoms. The minimum Gasteiger partial charge on any atom is -0.360 e. The SMILES string of the molecule is Cc1ccc(C(=O)NS(=O)(=O)c2c(C)noc2C)c(Cl)c1. The number of hydrogen-bond acceptors (Lipinski definition) is 5. The van der Waals surface area contributed by atoms with Crippen molar-refractivity contribution in [1.82, 2.24) is 9.88 Å². The van der Waals surface area contributed by atoms with Crippen molar-refractivity contribution in [2.45, 2.75) is 25.7 Å². The summed E-state index contributed by atoms with van der Waals surface area (Å²) in [7, 11) is -4.07. The molecular weight excluding hydrogens is 316 g/mol. The van der Waals surface area contributed by atoms with Crippen LogP contribution >= 0.6 is 11.6 Å². The minimum atomic E-state index is -4.07. The average molecular weight is 329 g/mol. The molecule has 1 amide bonds. The van der Waals surface area contributed by atoms with Gasteiger partial charge in [0.15, 0.2) is 10.7 Å². The van der Waals surface area contributed by atoms with E-state index in [9.17, 15) is 13.2 Å². The van der Waals surface area contributed by atoms with Gasteiger partial charge in [0.1, 0.15) is 5.69 Å². The zero-order valence-corrected chi connectivity index (χ0v) is 13.2. The Bertz CT molecular complexity index is 792. The van der Waals surface area contributed by atoms with Gasteiger partial charge in [-0.25, -0.2) is 13.1 Å². The number of nitrogens with one attached hydrogen (secondary N) is 1. The topological polar surface area (TPSA) is 89.3 Å². The monoisotopic (exact) mass is 328 g/mol. The smallest absolute Gasteiger partial charge is 0.269 e. The van der Waals surface area contributed by atoms with Gasteiger partial charge in [-0.05, 0) is 38.5 Å². The second-order valence-corrected chi connectivity index (χ2v) is 6.60. The molecule has 112 valence electrons. The van der Waals surface area contributed by atoms with Crippen molar-refractivity contribution in [3.63, 3.8) is 0 Å². The molecule has 0 aliphatic heterocycles. The van der Waals surface area contributed by atoms with E-state index in [1.165, 1.54) is 19.9 Å². The van der Waals surface area contributed by atoms with Gasteiger partial charge in [0.25, 0.3) is 15.9 Å². The minimum absolute atomic E-state index is 0.0811. The molecule has 21 heavy (non-hydrogen) atoms. The molecule has 0 bridgehead atoms. The van der Waals surface area contributed by atoms with Crippen LogP contribution in [-0.2, 0) is 10.0 Å². The van der Waals surface area contributed by atoms with Gasteiger partial charge >= 0.3 is 0 Å². The summed E-state index contributed by atoms with van der Waals surface area (Å²) in [5.41, 5.74) is 1.13. The summed E-state index contributed by atoms with van der Waals surface area (Å²) in [4.78, 5) is 11.9. The summed E-state index contributed by atoms with van der Waals surface area (Å²) in [6, 6.07) is 4.72. The first-order chi connectivity index (χ1) is 9.72. The molecule has 1 N–H and O–H groups in total. The summed E-state index contributed by atoms with van der Waals surface area (Å²) < 4.78 is 31.2. The van der Waals surface area contributed by atoms with E-state index in [1.807, 2.05) is 11.6 Å². The lowest BCUT2D eigenvalue weighted by molar-refractivity contribution is 0.0981. The molecule has 1 aromatic heterocycles. The molecule has 0 radical (unpaired) electrons. The molecule has 1 heterocycles. The van der Waals surface area contributed by atoms with Gasteiger partial charge in [0, 0.05) is 0 Å². The number of rotatable bonds is 3. The van der Waals surface area contributed by atoms with Crippen LogP contribution in [0.5, 0.6) is 0 Å². The first-order valence-corrected chi connectivity index (χ1v) is 7.84. The van der Waals surface area contributed by atoms with E-state index in [0.717, 1.165) is 5.56 Å². The fourth-order valence-electron chi connectivity index (χ4n) is 1.89. The van der Waals surface area contributed by atoms with Gasteiger partial charge in [-0.3, -0.25) is 4.79 Å². The summed E-state index contributed by atoms with van der Waals surface area (Å²) in [6.07, 6.45) is 0. The van der Waals surface area contributed by atoms with Crippen molar-refractivity contribution in [1.29, 1.82) is 0 Å². The molecule has 0 saturated carbocycles. The Labute approximate surface area is 127 Å². The van der Waals surface area contributed by atoms with Gasteiger partial charge in [-0.2, -0.15) is 0 Å². The normalized spacial score (nSPS) is 11.4. The maximum absolute atomic E-state index is 12.2. The molecule has 0 spiro atoms. The van der Waals surface area contributed by atoms with Gasteiger partial charge in [-0.1, -0.05) is 22.8 Å². The van der Waals surface area contributed by atoms with E-state index in [0.29, 0.717) is 0 Å². The van der Waals surface area contributed by atoms with Crippen molar-refractivity contribution < 1.29 is 17.7 Å². The number of amides is 1. The molecule has 2 rings (SSSR count). The molecule has 0 saturated heterocycles. The van der Waals surface area contributed by atoms with Crippen LogP contribution in [0.3, 0.4) is 0 Å². The van der Waals surface area contributed by atoms with Crippen molar-refractivity contribution in [3.8, 4) is 0 Å². The predicted octanol–water partition coefficient (Wildman–Crippen LogP) is 2.37. The highest BCUT2D eigenvalue weighted by Crippen LogP contribution is 2.21. The number of sulfonamides is 1. The average Bonchev–Trinajstić information content (AvgIpc) is 2.68. The predicted molar refractivity (Wildman–Crippen MR) is 76.8 cm³/mol. The third kappa shape index (κ3) is 3.08.